The second-order valence-electron chi connectivity index (χ2n) is 3.98. The van der Waals surface area contributed by atoms with E-state index >= 15 is 0 Å². The third kappa shape index (κ3) is 5.56. The normalized spacial score (nSPS) is 10.4. The zero-order valence-electron chi connectivity index (χ0n) is 11.6. The Hall–Kier alpha value is -2.30. The van der Waals surface area contributed by atoms with Gasteiger partial charge in [0, 0.05) is 19.2 Å². The standard InChI is InChI=1S/C15H19NO4/c1-3-10-16(11-9-15(18)19-4-2)14(17)8-7-13-6-5-12-20-13/h3,5-8,12H,1,4,9-11H2,2H3/b8-7+. The smallest absolute Gasteiger partial charge is 0.307 e. The first-order chi connectivity index (χ1) is 9.67. The van der Waals surface area contributed by atoms with E-state index in [1.165, 1.54) is 17.2 Å². The van der Waals surface area contributed by atoms with Crippen LogP contribution in [0.25, 0.3) is 6.08 Å². The minimum Gasteiger partial charge on any atom is -0.466 e. The van der Waals surface area contributed by atoms with Crippen molar-refractivity contribution in [3.05, 3.63) is 42.9 Å². The third-order valence-corrected chi connectivity index (χ3v) is 2.49. The number of rotatable bonds is 8. The van der Waals surface area contributed by atoms with E-state index in [1.807, 2.05) is 0 Å². The molecule has 0 fully saturated rings. The summed E-state index contributed by atoms with van der Waals surface area (Å²) in [7, 11) is 0. The molecule has 1 aromatic heterocycles. The molecule has 0 saturated carbocycles. The molecule has 20 heavy (non-hydrogen) atoms. The van der Waals surface area contributed by atoms with E-state index in [9.17, 15) is 9.59 Å². The Labute approximate surface area is 118 Å². The van der Waals surface area contributed by atoms with Gasteiger partial charge >= 0.3 is 5.97 Å². The van der Waals surface area contributed by atoms with Crippen molar-refractivity contribution in [3.63, 3.8) is 0 Å². The fourth-order valence-electron chi connectivity index (χ4n) is 1.55. The summed E-state index contributed by atoms with van der Waals surface area (Å²) in [5.41, 5.74) is 0. The van der Waals surface area contributed by atoms with Gasteiger partial charge in [-0.1, -0.05) is 6.08 Å². The molecule has 0 aliphatic rings. The van der Waals surface area contributed by atoms with Gasteiger partial charge in [-0.15, -0.1) is 6.58 Å². The van der Waals surface area contributed by atoms with Crippen LogP contribution in [0.1, 0.15) is 19.1 Å². The van der Waals surface area contributed by atoms with Crippen LogP contribution in [-0.4, -0.2) is 36.5 Å². The predicted octanol–water partition coefficient (Wildman–Crippen LogP) is 2.26. The van der Waals surface area contributed by atoms with Gasteiger partial charge in [0.05, 0.1) is 19.3 Å². The second kappa shape index (κ2) is 8.74. The van der Waals surface area contributed by atoms with Crippen LogP contribution in [0.15, 0.2) is 41.5 Å². The van der Waals surface area contributed by atoms with Crippen molar-refractivity contribution in [2.75, 3.05) is 19.7 Å². The molecule has 0 aliphatic carbocycles. The molecule has 0 aromatic carbocycles. The Bertz CT molecular complexity index is 462. The van der Waals surface area contributed by atoms with E-state index in [1.54, 1.807) is 31.2 Å². The number of ether oxygens (including phenoxy) is 1. The number of hydrogen-bond acceptors (Lipinski definition) is 4. The summed E-state index contributed by atoms with van der Waals surface area (Å²) >= 11 is 0. The average Bonchev–Trinajstić information content (AvgIpc) is 2.94. The lowest BCUT2D eigenvalue weighted by Crippen LogP contribution is -2.32. The zero-order chi connectivity index (χ0) is 14.8. The number of carbonyl (C=O) groups is 2. The first kappa shape index (κ1) is 15.8. The molecule has 0 saturated heterocycles. The fraction of sp³-hybridized carbons (Fsp3) is 0.333. The number of esters is 1. The highest BCUT2D eigenvalue weighted by atomic mass is 16.5. The fourth-order valence-corrected chi connectivity index (χ4v) is 1.55. The van der Waals surface area contributed by atoms with Crippen LogP contribution in [0.5, 0.6) is 0 Å². The number of carbonyl (C=O) groups excluding carboxylic acids is 2. The van der Waals surface area contributed by atoms with Gasteiger partial charge in [0.15, 0.2) is 0 Å². The monoisotopic (exact) mass is 277 g/mol. The van der Waals surface area contributed by atoms with Crippen molar-refractivity contribution in [2.24, 2.45) is 0 Å². The quantitative estimate of drug-likeness (QED) is 0.415. The largest absolute Gasteiger partial charge is 0.466 e. The van der Waals surface area contributed by atoms with E-state index in [0.717, 1.165) is 0 Å². The molecular weight excluding hydrogens is 258 g/mol. The van der Waals surface area contributed by atoms with E-state index in [4.69, 9.17) is 9.15 Å². The SMILES string of the molecule is C=CCN(CCC(=O)OCC)C(=O)/C=C/c1ccco1. The Morgan fingerprint density at radius 3 is 2.90 bits per heavy atom. The third-order valence-electron chi connectivity index (χ3n) is 2.49. The maximum atomic E-state index is 12.0. The van der Waals surface area contributed by atoms with Crippen LogP contribution < -0.4 is 0 Å². The first-order valence-electron chi connectivity index (χ1n) is 6.44. The highest BCUT2D eigenvalue weighted by molar-refractivity contribution is 5.91. The van der Waals surface area contributed by atoms with Gasteiger partial charge in [-0.3, -0.25) is 9.59 Å². The molecule has 0 N–H and O–H groups in total. The molecule has 0 spiro atoms. The van der Waals surface area contributed by atoms with Crippen LogP contribution in [0.3, 0.4) is 0 Å². The Balaban J connectivity index is 2.53. The lowest BCUT2D eigenvalue weighted by atomic mass is 10.3. The lowest BCUT2D eigenvalue weighted by molar-refractivity contribution is -0.143. The molecule has 5 nitrogen and oxygen atoms in total. The lowest BCUT2D eigenvalue weighted by Gasteiger charge is -2.18. The first-order valence-corrected chi connectivity index (χ1v) is 6.44. The van der Waals surface area contributed by atoms with Gasteiger partial charge < -0.3 is 14.1 Å². The minimum atomic E-state index is -0.315. The molecule has 5 heteroatoms. The summed E-state index contributed by atoms with van der Waals surface area (Å²) in [5, 5.41) is 0. The van der Waals surface area contributed by atoms with Gasteiger partial charge in [-0.25, -0.2) is 0 Å². The molecule has 0 unspecified atom stereocenters. The van der Waals surface area contributed by atoms with Crippen LogP contribution >= 0.6 is 0 Å². The van der Waals surface area contributed by atoms with Crippen molar-refractivity contribution >= 4 is 18.0 Å². The molecule has 0 aliphatic heterocycles. The van der Waals surface area contributed by atoms with Gasteiger partial charge in [-0.2, -0.15) is 0 Å². The van der Waals surface area contributed by atoms with Crippen LogP contribution in [0.4, 0.5) is 0 Å². The van der Waals surface area contributed by atoms with E-state index < -0.39 is 0 Å². The van der Waals surface area contributed by atoms with Crippen molar-refractivity contribution < 1.29 is 18.7 Å². The van der Waals surface area contributed by atoms with Gasteiger partial charge in [-0.05, 0) is 25.1 Å². The minimum absolute atomic E-state index is 0.169. The number of furan rings is 1. The molecule has 0 radical (unpaired) electrons. The number of nitrogens with zero attached hydrogens (tertiary/aromatic N) is 1. The van der Waals surface area contributed by atoms with Crippen LogP contribution in [0.2, 0.25) is 0 Å². The van der Waals surface area contributed by atoms with Crippen molar-refractivity contribution in [3.8, 4) is 0 Å². The maximum Gasteiger partial charge on any atom is 0.307 e. The summed E-state index contributed by atoms with van der Waals surface area (Å²) < 4.78 is 9.94. The Morgan fingerprint density at radius 1 is 1.50 bits per heavy atom. The Morgan fingerprint density at radius 2 is 2.30 bits per heavy atom. The summed E-state index contributed by atoms with van der Waals surface area (Å²) in [5.74, 6) is 0.0808. The number of amides is 1. The summed E-state index contributed by atoms with van der Waals surface area (Å²) in [6.07, 6.45) is 6.31. The predicted molar refractivity (Wildman–Crippen MR) is 75.8 cm³/mol. The molecule has 0 atom stereocenters. The molecule has 1 amide bonds. The van der Waals surface area contributed by atoms with E-state index in [-0.39, 0.29) is 18.3 Å². The molecular formula is C15H19NO4. The van der Waals surface area contributed by atoms with Gasteiger partial charge in [0.1, 0.15) is 5.76 Å². The highest BCUT2D eigenvalue weighted by Crippen LogP contribution is 2.04. The van der Waals surface area contributed by atoms with Crippen molar-refractivity contribution in [1.29, 1.82) is 0 Å². The average molecular weight is 277 g/mol. The topological polar surface area (TPSA) is 59.8 Å². The van der Waals surface area contributed by atoms with Crippen molar-refractivity contribution in [2.45, 2.75) is 13.3 Å². The van der Waals surface area contributed by atoms with E-state index in [0.29, 0.717) is 25.5 Å². The van der Waals surface area contributed by atoms with Crippen LogP contribution in [0, 0.1) is 0 Å². The summed E-state index contributed by atoms with van der Waals surface area (Å²) in [6, 6.07) is 3.49. The van der Waals surface area contributed by atoms with Gasteiger partial charge in [0.25, 0.3) is 0 Å². The van der Waals surface area contributed by atoms with Gasteiger partial charge in [0.2, 0.25) is 5.91 Å². The second-order valence-corrected chi connectivity index (χ2v) is 3.98. The van der Waals surface area contributed by atoms with Crippen molar-refractivity contribution in [1.82, 2.24) is 4.90 Å². The maximum absolute atomic E-state index is 12.0. The molecule has 0 bridgehead atoms. The van der Waals surface area contributed by atoms with Crippen LogP contribution in [-0.2, 0) is 14.3 Å². The van der Waals surface area contributed by atoms with E-state index in [2.05, 4.69) is 6.58 Å². The molecule has 1 aromatic rings. The Kier molecular flexibility index (Phi) is 6.89. The number of hydrogen-bond donors (Lipinski definition) is 0. The molecule has 1 heterocycles. The molecule has 1 rings (SSSR count). The zero-order valence-corrected chi connectivity index (χ0v) is 11.6. The highest BCUT2D eigenvalue weighted by Gasteiger charge is 2.11. The summed E-state index contributed by atoms with van der Waals surface area (Å²) in [6.45, 7) is 6.36. The molecule has 108 valence electrons. The summed E-state index contributed by atoms with van der Waals surface area (Å²) in [4.78, 5) is 24.8.